The van der Waals surface area contributed by atoms with Crippen LogP contribution in [0.15, 0.2) is 36.0 Å². The maximum Gasteiger partial charge on any atom is 0.187 e. The topological polar surface area (TPSA) is 29.1 Å². The van der Waals surface area contributed by atoms with E-state index in [2.05, 4.69) is 18.3 Å². The van der Waals surface area contributed by atoms with E-state index in [1.165, 1.54) is 5.56 Å². The summed E-state index contributed by atoms with van der Waals surface area (Å²) in [5, 5.41) is 3.39. The van der Waals surface area contributed by atoms with Crippen molar-refractivity contribution in [2.45, 2.75) is 12.3 Å². The van der Waals surface area contributed by atoms with E-state index in [0.29, 0.717) is 11.8 Å². The van der Waals surface area contributed by atoms with Crippen molar-refractivity contribution in [3.05, 3.63) is 47.2 Å². The number of carbonyl (C=O) groups is 1. The Morgan fingerprint density at radius 1 is 1.38 bits per heavy atom. The molecule has 1 aromatic rings. The molecule has 2 heteroatoms. The normalized spacial score (nSPS) is 38.1. The van der Waals surface area contributed by atoms with Crippen LogP contribution in [-0.2, 0) is 5.41 Å². The van der Waals surface area contributed by atoms with Gasteiger partial charge in [-0.25, -0.2) is 0 Å². The number of piperidine rings is 1. The van der Waals surface area contributed by atoms with Gasteiger partial charge in [0.25, 0.3) is 0 Å². The molecule has 1 unspecified atom stereocenters. The third kappa shape index (κ3) is 0.692. The van der Waals surface area contributed by atoms with Crippen molar-refractivity contribution in [2.75, 3.05) is 6.54 Å². The smallest absolute Gasteiger partial charge is 0.187 e. The lowest BCUT2D eigenvalue weighted by atomic mass is 9.80. The molecule has 1 heterocycles. The highest BCUT2D eigenvalue weighted by Crippen LogP contribution is 2.67. The number of hydrogen-bond acceptors (Lipinski definition) is 2. The van der Waals surface area contributed by atoms with Crippen LogP contribution in [0.3, 0.4) is 0 Å². The van der Waals surface area contributed by atoms with Gasteiger partial charge >= 0.3 is 0 Å². The number of ketones is 1. The molecule has 1 aliphatic heterocycles. The zero-order valence-corrected chi connectivity index (χ0v) is 9.16. The molecular formula is C14H13NO. The number of hydrogen-bond donors (Lipinski definition) is 1. The summed E-state index contributed by atoms with van der Waals surface area (Å²) in [6.45, 7) is 3.32. The molecule has 16 heavy (non-hydrogen) atoms. The van der Waals surface area contributed by atoms with Gasteiger partial charge in [-0.3, -0.25) is 4.79 Å². The highest BCUT2D eigenvalue weighted by atomic mass is 16.1. The van der Waals surface area contributed by atoms with Gasteiger partial charge in [0, 0.05) is 29.3 Å². The monoisotopic (exact) mass is 211 g/mol. The van der Waals surface area contributed by atoms with E-state index in [4.69, 9.17) is 0 Å². The average molecular weight is 211 g/mol. The molecule has 3 atom stereocenters. The molecule has 0 radical (unpaired) electrons. The minimum atomic E-state index is 0.156. The molecule has 80 valence electrons. The molecule has 1 spiro atoms. The number of nitrogens with one attached hydrogen (secondary N) is 1. The fraction of sp³-hybridized carbons (Fsp3) is 0.357. The molecule has 2 fully saturated rings. The number of benzene rings is 1. The summed E-state index contributed by atoms with van der Waals surface area (Å²) in [5.41, 5.74) is 3.47. The van der Waals surface area contributed by atoms with Gasteiger partial charge in [0.2, 0.25) is 0 Å². The second-order valence-electron chi connectivity index (χ2n) is 5.11. The van der Waals surface area contributed by atoms with Crippen LogP contribution in [0, 0.1) is 11.8 Å². The van der Waals surface area contributed by atoms with Crippen LogP contribution < -0.4 is 5.32 Å². The minimum Gasteiger partial charge on any atom is -0.387 e. The number of carbonyl (C=O) groups excluding carboxylic acids is 1. The van der Waals surface area contributed by atoms with E-state index in [1.807, 2.05) is 24.3 Å². The van der Waals surface area contributed by atoms with E-state index >= 15 is 0 Å². The standard InChI is InChI=1S/C14H13NO/c1-8-11-7-15-13-6-12(16)9-4-2-3-5-10(9)14(8,11)13/h2-6,8,11,15H,7H2,1H3/t8-,11?,14+/m1/s1. The first-order chi connectivity index (χ1) is 7.76. The van der Waals surface area contributed by atoms with E-state index < -0.39 is 0 Å². The van der Waals surface area contributed by atoms with Crippen molar-refractivity contribution in [1.29, 1.82) is 0 Å². The molecule has 1 saturated carbocycles. The Morgan fingerprint density at radius 3 is 3.00 bits per heavy atom. The molecule has 1 saturated heterocycles. The summed E-state index contributed by atoms with van der Waals surface area (Å²) in [4.78, 5) is 12.0. The fourth-order valence-electron chi connectivity index (χ4n) is 3.83. The van der Waals surface area contributed by atoms with Crippen molar-refractivity contribution in [2.24, 2.45) is 11.8 Å². The lowest BCUT2D eigenvalue weighted by molar-refractivity contribution is 0.104. The fourth-order valence-corrected chi connectivity index (χ4v) is 3.83. The SMILES string of the molecule is C[C@@H]1C2CNC3=CC(=O)c4ccccc4[C@]321. The van der Waals surface area contributed by atoms with Crippen LogP contribution in [0.5, 0.6) is 0 Å². The predicted octanol–water partition coefficient (Wildman–Crippen LogP) is 1.87. The summed E-state index contributed by atoms with van der Waals surface area (Å²) in [6.07, 6.45) is 1.81. The Balaban J connectivity index is 2.04. The zero-order valence-electron chi connectivity index (χ0n) is 9.16. The van der Waals surface area contributed by atoms with Gasteiger partial charge in [-0.2, -0.15) is 0 Å². The van der Waals surface area contributed by atoms with E-state index in [-0.39, 0.29) is 11.2 Å². The maximum atomic E-state index is 12.0. The molecule has 0 bridgehead atoms. The first-order valence-corrected chi connectivity index (χ1v) is 5.86. The first kappa shape index (κ1) is 8.57. The van der Waals surface area contributed by atoms with Crippen LogP contribution in [0.1, 0.15) is 22.8 Å². The van der Waals surface area contributed by atoms with E-state index in [9.17, 15) is 4.79 Å². The Kier molecular flexibility index (Phi) is 1.28. The third-order valence-electron chi connectivity index (χ3n) is 4.67. The van der Waals surface area contributed by atoms with Crippen LogP contribution >= 0.6 is 0 Å². The molecule has 0 amide bonds. The van der Waals surface area contributed by atoms with Gasteiger partial charge in [-0.1, -0.05) is 31.2 Å². The van der Waals surface area contributed by atoms with Crippen LogP contribution in [0.2, 0.25) is 0 Å². The van der Waals surface area contributed by atoms with Gasteiger partial charge in [-0.15, -0.1) is 0 Å². The summed E-state index contributed by atoms with van der Waals surface area (Å²) in [5.74, 6) is 1.52. The lowest BCUT2D eigenvalue weighted by Crippen LogP contribution is -2.27. The van der Waals surface area contributed by atoms with Crippen molar-refractivity contribution in [3.8, 4) is 0 Å². The van der Waals surface area contributed by atoms with Crippen molar-refractivity contribution in [1.82, 2.24) is 5.32 Å². The Bertz CT molecular complexity index is 545. The van der Waals surface area contributed by atoms with Crippen molar-refractivity contribution < 1.29 is 4.79 Å². The molecule has 2 aliphatic carbocycles. The van der Waals surface area contributed by atoms with Gasteiger partial charge in [0.1, 0.15) is 0 Å². The van der Waals surface area contributed by atoms with Crippen LogP contribution in [0.4, 0.5) is 0 Å². The Morgan fingerprint density at radius 2 is 2.19 bits per heavy atom. The van der Waals surface area contributed by atoms with Gasteiger partial charge in [0.05, 0.1) is 0 Å². The highest BCUT2D eigenvalue weighted by molar-refractivity contribution is 6.08. The molecule has 1 N–H and O–H groups in total. The average Bonchev–Trinajstić information content (AvgIpc) is 2.70. The molecule has 2 nitrogen and oxygen atoms in total. The molecule has 4 rings (SSSR count). The Labute approximate surface area is 94.4 Å². The first-order valence-electron chi connectivity index (χ1n) is 5.86. The van der Waals surface area contributed by atoms with Gasteiger partial charge in [0.15, 0.2) is 5.78 Å². The van der Waals surface area contributed by atoms with Gasteiger partial charge < -0.3 is 5.32 Å². The molecule has 1 aromatic carbocycles. The predicted molar refractivity (Wildman–Crippen MR) is 61.2 cm³/mol. The van der Waals surface area contributed by atoms with E-state index in [0.717, 1.165) is 17.8 Å². The number of rotatable bonds is 0. The van der Waals surface area contributed by atoms with Gasteiger partial charge in [-0.05, 0) is 17.4 Å². The largest absolute Gasteiger partial charge is 0.387 e. The summed E-state index contributed by atoms with van der Waals surface area (Å²) < 4.78 is 0. The lowest BCUT2D eigenvalue weighted by Gasteiger charge is -2.24. The van der Waals surface area contributed by atoms with Crippen molar-refractivity contribution in [3.63, 3.8) is 0 Å². The summed E-state index contributed by atoms with van der Waals surface area (Å²) >= 11 is 0. The number of allylic oxidation sites excluding steroid dienone is 2. The third-order valence-corrected chi connectivity index (χ3v) is 4.67. The minimum absolute atomic E-state index is 0.156. The summed E-state index contributed by atoms with van der Waals surface area (Å²) in [6, 6.07) is 8.09. The molecule has 0 aromatic heterocycles. The quantitative estimate of drug-likeness (QED) is 0.710. The molecular weight excluding hydrogens is 198 g/mol. The van der Waals surface area contributed by atoms with Crippen LogP contribution in [-0.4, -0.2) is 12.3 Å². The Hall–Kier alpha value is -1.57. The second kappa shape index (κ2) is 2.40. The zero-order chi connectivity index (χ0) is 10.9. The maximum absolute atomic E-state index is 12.0. The van der Waals surface area contributed by atoms with E-state index in [1.54, 1.807) is 0 Å². The van der Waals surface area contributed by atoms with Crippen LogP contribution in [0.25, 0.3) is 0 Å². The summed E-state index contributed by atoms with van der Waals surface area (Å²) in [7, 11) is 0. The number of fused-ring (bicyclic) bond motifs is 1. The molecule has 3 aliphatic rings. The second-order valence-corrected chi connectivity index (χ2v) is 5.11. The van der Waals surface area contributed by atoms with Crippen molar-refractivity contribution >= 4 is 5.78 Å². The highest BCUT2D eigenvalue weighted by Gasteiger charge is 2.69.